The van der Waals surface area contributed by atoms with Gasteiger partial charge in [0, 0.05) is 35.8 Å². The van der Waals surface area contributed by atoms with Crippen molar-refractivity contribution in [3.8, 4) is 0 Å². The molecule has 0 aromatic heterocycles. The molecule has 3 rings (SSSR count). The predicted octanol–water partition coefficient (Wildman–Crippen LogP) is 3.77. The summed E-state index contributed by atoms with van der Waals surface area (Å²) in [4.78, 5) is 26.2. The number of likely N-dealkylation sites (tertiary alicyclic amines) is 1. The number of amides is 2. The Kier molecular flexibility index (Phi) is 5.04. The smallest absolute Gasteiger partial charge is 0.229 e. The number of carbonyl (C=O) groups is 2. The van der Waals surface area contributed by atoms with Crippen LogP contribution in [0, 0.1) is 18.7 Å². The van der Waals surface area contributed by atoms with Crippen molar-refractivity contribution in [1.82, 2.24) is 4.90 Å². The highest BCUT2D eigenvalue weighted by atomic mass is 35.5. The zero-order chi connectivity index (χ0) is 18.0. The molecule has 130 valence electrons. The van der Waals surface area contributed by atoms with Gasteiger partial charge >= 0.3 is 0 Å². The van der Waals surface area contributed by atoms with Crippen LogP contribution < -0.4 is 5.32 Å². The average molecular weight is 361 g/mol. The molecule has 1 heterocycles. The standard InChI is InChI=1S/C19H18ClFN2O2/c1-12-15(20)6-4-8-17(12)22-19(25)14-9-18(24)23(11-14)10-13-5-2-3-7-16(13)21/h2-8,14H,9-11H2,1H3,(H,22,25). The molecule has 1 atom stereocenters. The summed E-state index contributed by atoms with van der Waals surface area (Å²) in [5, 5.41) is 3.40. The second-order valence-corrected chi connectivity index (χ2v) is 6.58. The Balaban J connectivity index is 1.66. The third kappa shape index (κ3) is 3.82. The van der Waals surface area contributed by atoms with Crippen molar-refractivity contribution < 1.29 is 14.0 Å². The van der Waals surface area contributed by atoms with E-state index < -0.39 is 5.92 Å². The second-order valence-electron chi connectivity index (χ2n) is 6.17. The van der Waals surface area contributed by atoms with Crippen LogP contribution in [0.2, 0.25) is 5.02 Å². The number of hydrogen-bond acceptors (Lipinski definition) is 2. The van der Waals surface area contributed by atoms with E-state index in [0.717, 1.165) is 5.56 Å². The quantitative estimate of drug-likeness (QED) is 0.902. The molecule has 0 saturated carbocycles. The Hall–Kier alpha value is -2.40. The largest absolute Gasteiger partial charge is 0.337 e. The summed E-state index contributed by atoms with van der Waals surface area (Å²) in [7, 11) is 0. The fourth-order valence-corrected chi connectivity index (χ4v) is 3.09. The van der Waals surface area contributed by atoms with E-state index >= 15 is 0 Å². The molecule has 0 bridgehead atoms. The van der Waals surface area contributed by atoms with E-state index in [-0.39, 0.29) is 37.1 Å². The van der Waals surface area contributed by atoms with E-state index in [1.54, 1.807) is 36.4 Å². The van der Waals surface area contributed by atoms with Crippen molar-refractivity contribution in [3.05, 3.63) is 64.4 Å². The zero-order valence-corrected chi connectivity index (χ0v) is 14.5. The minimum absolute atomic E-state index is 0.125. The Morgan fingerprint density at radius 1 is 1.28 bits per heavy atom. The summed E-state index contributed by atoms with van der Waals surface area (Å²) in [6.45, 7) is 2.27. The van der Waals surface area contributed by atoms with Gasteiger partial charge in [-0.1, -0.05) is 35.9 Å². The molecule has 1 aliphatic rings. The van der Waals surface area contributed by atoms with Gasteiger partial charge in [0.15, 0.2) is 0 Å². The first-order valence-electron chi connectivity index (χ1n) is 8.03. The fourth-order valence-electron chi connectivity index (χ4n) is 2.91. The molecule has 1 fully saturated rings. The van der Waals surface area contributed by atoms with Crippen molar-refractivity contribution in [1.29, 1.82) is 0 Å². The molecule has 0 spiro atoms. The predicted molar refractivity (Wildman–Crippen MR) is 94.7 cm³/mol. The van der Waals surface area contributed by atoms with Gasteiger partial charge < -0.3 is 10.2 Å². The average Bonchev–Trinajstić information content (AvgIpc) is 2.95. The van der Waals surface area contributed by atoms with Crippen LogP contribution in [0.15, 0.2) is 42.5 Å². The number of benzene rings is 2. The van der Waals surface area contributed by atoms with Crippen molar-refractivity contribution in [3.63, 3.8) is 0 Å². The molecule has 25 heavy (non-hydrogen) atoms. The Labute approximate surface area is 150 Å². The Morgan fingerprint density at radius 3 is 2.80 bits per heavy atom. The van der Waals surface area contributed by atoms with Crippen LogP contribution in [0.4, 0.5) is 10.1 Å². The number of carbonyl (C=O) groups excluding carboxylic acids is 2. The summed E-state index contributed by atoms with van der Waals surface area (Å²) in [5.74, 6) is -1.18. The van der Waals surface area contributed by atoms with Crippen molar-refractivity contribution in [2.24, 2.45) is 5.92 Å². The molecule has 0 radical (unpaired) electrons. The van der Waals surface area contributed by atoms with Crippen LogP contribution >= 0.6 is 11.6 Å². The van der Waals surface area contributed by atoms with Crippen LogP contribution in [0.25, 0.3) is 0 Å². The number of halogens is 2. The van der Waals surface area contributed by atoms with Crippen molar-refractivity contribution >= 4 is 29.1 Å². The Bertz CT molecular complexity index is 825. The summed E-state index contributed by atoms with van der Waals surface area (Å²) >= 11 is 6.06. The zero-order valence-electron chi connectivity index (χ0n) is 13.8. The maximum Gasteiger partial charge on any atom is 0.229 e. The SMILES string of the molecule is Cc1c(Cl)cccc1NC(=O)C1CC(=O)N(Cc2ccccc2F)C1. The lowest BCUT2D eigenvalue weighted by molar-refractivity contribution is -0.128. The Morgan fingerprint density at radius 2 is 2.04 bits per heavy atom. The van der Waals surface area contributed by atoms with E-state index in [9.17, 15) is 14.0 Å². The van der Waals surface area contributed by atoms with Gasteiger partial charge in [-0.05, 0) is 30.7 Å². The minimum Gasteiger partial charge on any atom is -0.337 e. The fraction of sp³-hybridized carbons (Fsp3) is 0.263. The number of rotatable bonds is 4. The molecule has 2 amide bonds. The number of nitrogens with one attached hydrogen (secondary N) is 1. The number of hydrogen-bond donors (Lipinski definition) is 1. The van der Waals surface area contributed by atoms with Gasteiger partial charge in [-0.2, -0.15) is 0 Å². The molecular weight excluding hydrogens is 343 g/mol. The van der Waals surface area contributed by atoms with E-state index in [0.29, 0.717) is 16.3 Å². The summed E-state index contributed by atoms with van der Waals surface area (Å²) < 4.78 is 13.8. The monoisotopic (exact) mass is 360 g/mol. The number of nitrogens with zero attached hydrogens (tertiary/aromatic N) is 1. The normalized spacial score (nSPS) is 17.0. The maximum absolute atomic E-state index is 13.8. The van der Waals surface area contributed by atoms with Crippen LogP contribution in [-0.4, -0.2) is 23.3 Å². The minimum atomic E-state index is -0.461. The molecule has 0 aliphatic carbocycles. The van der Waals surface area contributed by atoms with Gasteiger partial charge in [0.1, 0.15) is 5.82 Å². The molecule has 1 N–H and O–H groups in total. The topological polar surface area (TPSA) is 49.4 Å². The third-order valence-corrected chi connectivity index (χ3v) is 4.84. The lowest BCUT2D eigenvalue weighted by Gasteiger charge is -2.17. The van der Waals surface area contributed by atoms with Crippen LogP contribution in [0.1, 0.15) is 17.5 Å². The third-order valence-electron chi connectivity index (χ3n) is 4.43. The van der Waals surface area contributed by atoms with E-state index in [1.807, 2.05) is 6.92 Å². The van der Waals surface area contributed by atoms with Crippen LogP contribution in [-0.2, 0) is 16.1 Å². The lowest BCUT2D eigenvalue weighted by atomic mass is 10.1. The highest BCUT2D eigenvalue weighted by molar-refractivity contribution is 6.31. The van der Waals surface area contributed by atoms with E-state index in [4.69, 9.17) is 11.6 Å². The van der Waals surface area contributed by atoms with Gasteiger partial charge in [-0.3, -0.25) is 9.59 Å². The first-order chi connectivity index (χ1) is 12.0. The summed E-state index contributed by atoms with van der Waals surface area (Å²) in [6.07, 6.45) is 0.125. The second kappa shape index (κ2) is 7.23. The first-order valence-corrected chi connectivity index (χ1v) is 8.40. The first kappa shape index (κ1) is 17.4. The molecule has 1 aliphatic heterocycles. The summed E-state index contributed by atoms with van der Waals surface area (Å²) in [5.41, 5.74) is 1.87. The van der Waals surface area contributed by atoms with Crippen LogP contribution in [0.3, 0.4) is 0 Å². The van der Waals surface area contributed by atoms with E-state index in [1.165, 1.54) is 11.0 Å². The van der Waals surface area contributed by atoms with Gasteiger partial charge in [0.25, 0.3) is 0 Å². The summed E-state index contributed by atoms with van der Waals surface area (Å²) in [6, 6.07) is 11.6. The highest BCUT2D eigenvalue weighted by Crippen LogP contribution is 2.26. The van der Waals surface area contributed by atoms with Crippen molar-refractivity contribution in [2.75, 3.05) is 11.9 Å². The highest BCUT2D eigenvalue weighted by Gasteiger charge is 2.34. The van der Waals surface area contributed by atoms with Gasteiger partial charge in [-0.25, -0.2) is 4.39 Å². The molecular formula is C19H18ClFN2O2. The number of anilines is 1. The van der Waals surface area contributed by atoms with Gasteiger partial charge in [-0.15, -0.1) is 0 Å². The van der Waals surface area contributed by atoms with Crippen molar-refractivity contribution in [2.45, 2.75) is 19.9 Å². The molecule has 2 aromatic rings. The molecule has 6 heteroatoms. The molecule has 2 aromatic carbocycles. The van der Waals surface area contributed by atoms with Gasteiger partial charge in [0.05, 0.1) is 5.92 Å². The van der Waals surface area contributed by atoms with E-state index in [2.05, 4.69) is 5.32 Å². The lowest BCUT2D eigenvalue weighted by Crippen LogP contribution is -2.28. The van der Waals surface area contributed by atoms with Gasteiger partial charge in [0.2, 0.25) is 11.8 Å². The molecule has 4 nitrogen and oxygen atoms in total. The maximum atomic E-state index is 13.8. The van der Waals surface area contributed by atoms with Crippen LogP contribution in [0.5, 0.6) is 0 Å². The molecule has 1 saturated heterocycles. The molecule has 1 unspecified atom stereocenters.